The Bertz CT molecular complexity index is 2410. The maximum absolute atomic E-state index is 7.12. The molecule has 1 N–H and O–H groups in total. The fraction of sp³-hybridized carbons (Fsp3) is 0.0952. The number of allylic oxidation sites excluding steroid dienone is 6. The minimum atomic E-state index is -0.173. The molecule has 3 heterocycles. The van der Waals surface area contributed by atoms with Gasteiger partial charge >= 0.3 is 5.96 Å². The maximum atomic E-state index is 7.12. The molecule has 5 aromatic rings. The molecule has 4 heteroatoms. The predicted molar refractivity (Wildman–Crippen MR) is 185 cm³/mol. The number of fused-ring (bicyclic) bond motifs is 12. The highest BCUT2D eigenvalue weighted by molar-refractivity contribution is 6.30. The zero-order chi connectivity index (χ0) is 29.9. The highest BCUT2D eigenvalue weighted by Crippen LogP contribution is 2.62. The van der Waals surface area contributed by atoms with Gasteiger partial charge in [-0.15, -0.1) is 0 Å². The van der Waals surface area contributed by atoms with Crippen molar-refractivity contribution < 1.29 is 4.74 Å². The first-order valence-corrected chi connectivity index (χ1v) is 16.1. The van der Waals surface area contributed by atoms with Gasteiger partial charge in [-0.05, 0) is 52.1 Å². The van der Waals surface area contributed by atoms with Gasteiger partial charge in [0, 0.05) is 33.6 Å². The molecule has 4 nitrogen and oxygen atoms in total. The van der Waals surface area contributed by atoms with Gasteiger partial charge in [0.15, 0.2) is 12.1 Å². The van der Waals surface area contributed by atoms with E-state index in [9.17, 15) is 0 Å². The molecule has 0 spiro atoms. The zero-order valence-electron chi connectivity index (χ0n) is 24.9. The SMILES string of the molecule is C1=CC2NC(n3c4c(c5ccccc53)-c3ccc(-c5ccccc5)cc3C3C5=C(OC43)C3=CC3C=C5)=[N+]=C2C(c2ccccc2)=C1. The zero-order valence-corrected chi connectivity index (χ0v) is 24.9. The summed E-state index contributed by atoms with van der Waals surface area (Å²) in [6.45, 7) is 0. The van der Waals surface area contributed by atoms with Gasteiger partial charge in [0.05, 0.1) is 5.92 Å². The number of nitrogens with zero attached hydrogens (tertiary/aromatic N) is 2. The molecule has 11 rings (SSSR count). The second-order valence-corrected chi connectivity index (χ2v) is 12.9. The number of aromatic nitrogens is 1. The van der Waals surface area contributed by atoms with E-state index in [0.717, 1.165) is 28.5 Å². The molecule has 4 unspecified atom stereocenters. The van der Waals surface area contributed by atoms with Gasteiger partial charge in [0.1, 0.15) is 17.0 Å². The van der Waals surface area contributed by atoms with Gasteiger partial charge in [0.25, 0.3) is 0 Å². The molecular weight excluding hydrogens is 562 g/mol. The third-order valence-corrected chi connectivity index (χ3v) is 10.4. The monoisotopic (exact) mass is 590 g/mol. The predicted octanol–water partition coefficient (Wildman–Crippen LogP) is 7.86. The van der Waals surface area contributed by atoms with Crippen LogP contribution in [0.5, 0.6) is 0 Å². The Hall–Kier alpha value is -5.83. The van der Waals surface area contributed by atoms with E-state index in [2.05, 4.69) is 149 Å². The Kier molecular flexibility index (Phi) is 4.73. The van der Waals surface area contributed by atoms with Crippen molar-refractivity contribution in [1.29, 1.82) is 0 Å². The highest BCUT2D eigenvalue weighted by Gasteiger charge is 2.52. The summed E-state index contributed by atoms with van der Waals surface area (Å²) in [5.74, 6) is 2.42. The number of hydrogen-bond acceptors (Lipinski definition) is 2. The summed E-state index contributed by atoms with van der Waals surface area (Å²) < 4.78 is 14.9. The number of para-hydroxylation sites is 1. The Balaban J connectivity index is 1.18. The van der Waals surface area contributed by atoms with Crippen molar-refractivity contribution in [3.63, 3.8) is 0 Å². The van der Waals surface area contributed by atoms with Crippen LogP contribution in [0.1, 0.15) is 28.8 Å². The lowest BCUT2D eigenvalue weighted by Gasteiger charge is -2.29. The number of benzene rings is 4. The number of nitrogens with one attached hydrogen (secondary N) is 1. The van der Waals surface area contributed by atoms with Gasteiger partial charge in [-0.25, -0.2) is 9.98 Å². The van der Waals surface area contributed by atoms with E-state index < -0.39 is 0 Å². The lowest BCUT2D eigenvalue weighted by atomic mass is 9.74. The average molecular weight is 591 g/mol. The van der Waals surface area contributed by atoms with Crippen molar-refractivity contribution in [1.82, 2.24) is 14.6 Å². The van der Waals surface area contributed by atoms with E-state index in [1.165, 1.54) is 55.6 Å². The standard InChI is InChI=1S/C42H27N3O/c1-3-10-24(11-4-1)26-18-20-29-33(22-26)37-31-21-19-27-23-32(27)40(31)46-41(37)39-36(29)30-14-7-8-17-35(30)45(39)42-43-34-16-9-15-28(38(34)44-42)25-12-5-2-6-13-25/h1-23,27,34,37,41H/p+1. The molecule has 1 aromatic heterocycles. The third-order valence-electron chi connectivity index (χ3n) is 10.4. The van der Waals surface area contributed by atoms with Crippen LogP contribution in [-0.4, -0.2) is 22.3 Å². The van der Waals surface area contributed by atoms with Crippen LogP contribution < -0.4 is 9.98 Å². The lowest BCUT2D eigenvalue weighted by Crippen LogP contribution is -2.38. The molecule has 4 aromatic carbocycles. The fourth-order valence-corrected chi connectivity index (χ4v) is 8.28. The van der Waals surface area contributed by atoms with Crippen molar-refractivity contribution in [3.05, 3.63) is 173 Å². The van der Waals surface area contributed by atoms with Crippen LogP contribution in [0.2, 0.25) is 0 Å². The molecular formula is C42H28N3O+. The lowest BCUT2D eigenvalue weighted by molar-refractivity contribution is 0.133. The van der Waals surface area contributed by atoms with Crippen LogP contribution in [0, 0.1) is 5.92 Å². The number of rotatable bonds is 2. The van der Waals surface area contributed by atoms with Crippen LogP contribution in [0.3, 0.4) is 0 Å². The van der Waals surface area contributed by atoms with Gasteiger partial charge < -0.3 is 4.74 Å². The summed E-state index contributed by atoms with van der Waals surface area (Å²) >= 11 is 0. The van der Waals surface area contributed by atoms with Gasteiger partial charge in [-0.3, -0.25) is 0 Å². The third kappa shape index (κ3) is 3.26. The molecule has 216 valence electrons. The van der Waals surface area contributed by atoms with Gasteiger partial charge in [-0.2, -0.15) is 4.57 Å². The van der Waals surface area contributed by atoms with E-state index in [4.69, 9.17) is 9.40 Å². The normalized spacial score (nSPS) is 23.9. The quantitative estimate of drug-likeness (QED) is 0.213. The summed E-state index contributed by atoms with van der Waals surface area (Å²) in [4.78, 5) is 0. The van der Waals surface area contributed by atoms with Crippen LogP contribution >= 0.6 is 0 Å². The number of hydrogen-bond donors (Lipinski definition) is 1. The molecule has 0 radical (unpaired) electrons. The highest BCUT2D eigenvalue weighted by atomic mass is 16.5. The average Bonchev–Trinajstić information content (AvgIpc) is 3.45. The van der Waals surface area contributed by atoms with Crippen molar-refractivity contribution in [3.8, 4) is 22.3 Å². The van der Waals surface area contributed by atoms with E-state index in [1.54, 1.807) is 0 Å². The first-order chi connectivity index (χ1) is 22.8. The Morgan fingerprint density at radius 3 is 2.46 bits per heavy atom. The van der Waals surface area contributed by atoms with Gasteiger partial charge in [-0.1, -0.05) is 115 Å². The van der Waals surface area contributed by atoms with E-state index in [0.29, 0.717) is 5.92 Å². The van der Waals surface area contributed by atoms with Crippen LogP contribution in [0.4, 0.5) is 0 Å². The summed E-state index contributed by atoms with van der Waals surface area (Å²) in [5.41, 5.74) is 14.6. The summed E-state index contributed by atoms with van der Waals surface area (Å²) in [6, 6.07) is 37.1. The van der Waals surface area contributed by atoms with Crippen molar-refractivity contribution in [2.75, 3.05) is 0 Å². The molecule has 0 saturated heterocycles. The fourth-order valence-electron chi connectivity index (χ4n) is 8.28. The molecule has 0 fully saturated rings. The van der Waals surface area contributed by atoms with Crippen molar-refractivity contribution >= 4 is 28.1 Å². The Labute approximate surface area is 266 Å². The molecule has 4 atom stereocenters. The van der Waals surface area contributed by atoms with Crippen LogP contribution in [0.25, 0.3) is 38.7 Å². The van der Waals surface area contributed by atoms with Crippen LogP contribution in [0.15, 0.2) is 156 Å². The Morgan fingerprint density at radius 2 is 1.59 bits per heavy atom. The molecule has 0 saturated carbocycles. The smallest absolute Gasteiger partial charge is 0.452 e. The van der Waals surface area contributed by atoms with Crippen LogP contribution in [-0.2, 0) is 4.74 Å². The first kappa shape index (κ1) is 24.5. The molecule has 4 aliphatic carbocycles. The largest absolute Gasteiger partial charge is 0.481 e. The van der Waals surface area contributed by atoms with E-state index >= 15 is 0 Å². The molecule has 6 aliphatic rings. The summed E-state index contributed by atoms with van der Waals surface area (Å²) in [5, 5.41) is 5.02. The van der Waals surface area contributed by atoms with Crippen molar-refractivity contribution in [2.24, 2.45) is 5.92 Å². The maximum Gasteiger partial charge on any atom is 0.452 e. The van der Waals surface area contributed by atoms with E-state index in [-0.39, 0.29) is 18.1 Å². The van der Waals surface area contributed by atoms with Gasteiger partial charge in [0.2, 0.25) is 5.71 Å². The molecule has 2 aliphatic heterocycles. The molecule has 0 bridgehead atoms. The minimum Gasteiger partial charge on any atom is -0.481 e. The Morgan fingerprint density at radius 1 is 0.783 bits per heavy atom. The molecule has 0 amide bonds. The summed E-state index contributed by atoms with van der Waals surface area (Å²) in [6.07, 6.45) is 13.3. The minimum absolute atomic E-state index is 0.00302. The van der Waals surface area contributed by atoms with Crippen molar-refractivity contribution in [2.45, 2.75) is 18.1 Å². The second-order valence-electron chi connectivity index (χ2n) is 12.9. The topological polar surface area (TPSA) is 40.3 Å². The first-order valence-electron chi connectivity index (χ1n) is 16.1. The van der Waals surface area contributed by atoms with E-state index in [1.807, 2.05) is 0 Å². The summed E-state index contributed by atoms with van der Waals surface area (Å²) in [7, 11) is 0. The number of ether oxygens (including phenoxy) is 1. The second kappa shape index (κ2) is 8.88. The molecule has 46 heavy (non-hydrogen) atoms.